The summed E-state index contributed by atoms with van der Waals surface area (Å²) in [5.74, 6) is 0.659. The predicted molar refractivity (Wildman–Crippen MR) is 83.5 cm³/mol. The van der Waals surface area contributed by atoms with Crippen LogP contribution in [0, 0.1) is 13.8 Å². The molecule has 1 heterocycles. The lowest BCUT2D eigenvalue weighted by Gasteiger charge is -2.33. The van der Waals surface area contributed by atoms with E-state index >= 15 is 0 Å². The summed E-state index contributed by atoms with van der Waals surface area (Å²) in [6.07, 6.45) is 0. The van der Waals surface area contributed by atoms with E-state index in [0.29, 0.717) is 42.4 Å². The minimum absolute atomic E-state index is 0.0199. The van der Waals surface area contributed by atoms with Gasteiger partial charge in [0, 0.05) is 33.1 Å². The van der Waals surface area contributed by atoms with Gasteiger partial charge in [-0.2, -0.15) is 4.31 Å². The standard InChI is InChI=1S/C15H22N2O4S/c1-11-10-15(12(2)9-14(11)21-4)22(19,20)17-7-5-16(6-8-17)13(3)18/h9-10H,5-8H2,1-4H3. The third kappa shape index (κ3) is 3.10. The average Bonchev–Trinajstić information content (AvgIpc) is 2.49. The third-order valence-corrected chi connectivity index (χ3v) is 6.03. The summed E-state index contributed by atoms with van der Waals surface area (Å²) < 4.78 is 32.3. The number of ether oxygens (including phenoxy) is 1. The molecule has 22 heavy (non-hydrogen) atoms. The van der Waals surface area contributed by atoms with Crippen LogP contribution >= 0.6 is 0 Å². The average molecular weight is 326 g/mol. The zero-order valence-corrected chi connectivity index (χ0v) is 14.2. The maximum Gasteiger partial charge on any atom is 0.243 e. The Balaban J connectivity index is 2.28. The maximum atomic E-state index is 12.8. The first-order chi connectivity index (χ1) is 10.3. The van der Waals surface area contributed by atoms with Gasteiger partial charge in [-0.25, -0.2) is 8.42 Å². The second-order valence-electron chi connectivity index (χ2n) is 5.50. The van der Waals surface area contributed by atoms with Crippen molar-refractivity contribution in [3.63, 3.8) is 0 Å². The topological polar surface area (TPSA) is 66.9 Å². The SMILES string of the molecule is COc1cc(C)c(S(=O)(=O)N2CCN(C(C)=O)CC2)cc1C. The van der Waals surface area contributed by atoms with Crippen LogP contribution in [0.5, 0.6) is 5.75 Å². The van der Waals surface area contributed by atoms with Crippen LogP contribution < -0.4 is 4.74 Å². The van der Waals surface area contributed by atoms with Gasteiger partial charge >= 0.3 is 0 Å². The van der Waals surface area contributed by atoms with Gasteiger partial charge in [-0.05, 0) is 37.1 Å². The minimum Gasteiger partial charge on any atom is -0.496 e. The van der Waals surface area contributed by atoms with E-state index in [0.717, 1.165) is 5.56 Å². The summed E-state index contributed by atoms with van der Waals surface area (Å²) in [4.78, 5) is 13.3. The number of nitrogens with zero attached hydrogens (tertiary/aromatic N) is 2. The highest BCUT2D eigenvalue weighted by Crippen LogP contribution is 2.28. The van der Waals surface area contributed by atoms with Crippen LogP contribution in [0.1, 0.15) is 18.1 Å². The normalized spacial score (nSPS) is 16.6. The van der Waals surface area contributed by atoms with Gasteiger partial charge in [0.1, 0.15) is 5.75 Å². The first-order valence-electron chi connectivity index (χ1n) is 7.18. The van der Waals surface area contributed by atoms with Gasteiger partial charge in [0.05, 0.1) is 12.0 Å². The second-order valence-corrected chi connectivity index (χ2v) is 7.40. The van der Waals surface area contributed by atoms with E-state index in [1.54, 1.807) is 31.1 Å². The van der Waals surface area contributed by atoms with Gasteiger partial charge in [-0.15, -0.1) is 0 Å². The van der Waals surface area contributed by atoms with Gasteiger partial charge in [0.2, 0.25) is 15.9 Å². The maximum absolute atomic E-state index is 12.8. The van der Waals surface area contributed by atoms with Crippen LogP contribution in [0.2, 0.25) is 0 Å². The molecule has 0 unspecified atom stereocenters. The lowest BCUT2D eigenvalue weighted by molar-refractivity contribution is -0.129. The molecule has 0 saturated carbocycles. The number of methoxy groups -OCH3 is 1. The van der Waals surface area contributed by atoms with Crippen LogP contribution in [0.3, 0.4) is 0 Å². The number of carbonyl (C=O) groups excluding carboxylic acids is 1. The Morgan fingerprint density at radius 1 is 1.09 bits per heavy atom. The van der Waals surface area contributed by atoms with Crippen molar-refractivity contribution in [1.82, 2.24) is 9.21 Å². The van der Waals surface area contributed by atoms with Gasteiger partial charge in [0.25, 0.3) is 0 Å². The van der Waals surface area contributed by atoms with Crippen molar-refractivity contribution in [2.24, 2.45) is 0 Å². The molecule has 1 aromatic carbocycles. The summed E-state index contributed by atoms with van der Waals surface area (Å²) in [6, 6.07) is 3.40. The van der Waals surface area contributed by atoms with Crippen molar-refractivity contribution in [3.05, 3.63) is 23.3 Å². The van der Waals surface area contributed by atoms with Crippen molar-refractivity contribution in [2.45, 2.75) is 25.7 Å². The highest BCUT2D eigenvalue weighted by molar-refractivity contribution is 7.89. The molecule has 2 rings (SSSR count). The molecule has 0 bridgehead atoms. The molecule has 1 aromatic rings. The number of aryl methyl sites for hydroxylation is 2. The van der Waals surface area contributed by atoms with Crippen molar-refractivity contribution in [3.8, 4) is 5.75 Å². The Hall–Kier alpha value is -1.60. The third-order valence-electron chi connectivity index (χ3n) is 3.99. The molecule has 1 aliphatic rings. The zero-order chi connectivity index (χ0) is 16.5. The monoisotopic (exact) mass is 326 g/mol. The van der Waals surface area contributed by atoms with E-state index in [4.69, 9.17) is 4.74 Å². The minimum atomic E-state index is -3.55. The number of hydrogen-bond donors (Lipinski definition) is 0. The van der Waals surface area contributed by atoms with Crippen molar-refractivity contribution in [2.75, 3.05) is 33.3 Å². The van der Waals surface area contributed by atoms with E-state index in [-0.39, 0.29) is 5.91 Å². The molecule has 0 spiro atoms. The number of hydrogen-bond acceptors (Lipinski definition) is 4. The van der Waals surface area contributed by atoms with E-state index in [1.807, 2.05) is 6.92 Å². The molecule has 0 atom stereocenters. The Kier molecular flexibility index (Phi) is 4.77. The number of rotatable bonds is 3. The number of amides is 1. The molecule has 0 radical (unpaired) electrons. The molecule has 7 heteroatoms. The van der Waals surface area contributed by atoms with Crippen LogP contribution in [-0.2, 0) is 14.8 Å². The largest absolute Gasteiger partial charge is 0.496 e. The molecular formula is C15H22N2O4S. The molecule has 1 fully saturated rings. The first-order valence-corrected chi connectivity index (χ1v) is 8.62. The van der Waals surface area contributed by atoms with E-state index < -0.39 is 10.0 Å². The van der Waals surface area contributed by atoms with E-state index in [2.05, 4.69) is 0 Å². The summed E-state index contributed by atoms with van der Waals surface area (Å²) >= 11 is 0. The fourth-order valence-electron chi connectivity index (χ4n) is 2.64. The molecule has 1 amide bonds. The van der Waals surface area contributed by atoms with Crippen molar-refractivity contribution < 1.29 is 17.9 Å². The second kappa shape index (κ2) is 6.26. The molecule has 122 valence electrons. The summed E-state index contributed by atoms with van der Waals surface area (Å²) in [5.41, 5.74) is 1.45. The number of piperazine rings is 1. The van der Waals surface area contributed by atoms with Crippen LogP contribution in [-0.4, -0.2) is 56.8 Å². The lowest BCUT2D eigenvalue weighted by atomic mass is 10.1. The first kappa shape index (κ1) is 16.8. The summed E-state index contributed by atoms with van der Waals surface area (Å²) in [7, 11) is -1.98. The fourth-order valence-corrected chi connectivity index (χ4v) is 4.36. The van der Waals surface area contributed by atoms with Crippen molar-refractivity contribution in [1.29, 1.82) is 0 Å². The molecule has 0 aromatic heterocycles. The molecule has 0 aliphatic carbocycles. The summed E-state index contributed by atoms with van der Waals surface area (Å²) in [5, 5.41) is 0. The number of carbonyl (C=O) groups is 1. The zero-order valence-electron chi connectivity index (χ0n) is 13.4. The number of benzene rings is 1. The predicted octanol–water partition coefficient (Wildman–Crippen LogP) is 1.16. The molecule has 1 saturated heterocycles. The fraction of sp³-hybridized carbons (Fsp3) is 0.533. The Morgan fingerprint density at radius 2 is 1.68 bits per heavy atom. The molecular weight excluding hydrogens is 304 g/mol. The van der Waals surface area contributed by atoms with E-state index in [9.17, 15) is 13.2 Å². The highest BCUT2D eigenvalue weighted by atomic mass is 32.2. The van der Waals surface area contributed by atoms with Crippen LogP contribution in [0.15, 0.2) is 17.0 Å². The summed E-state index contributed by atoms with van der Waals surface area (Å²) in [6.45, 7) is 6.61. The van der Waals surface area contributed by atoms with Crippen LogP contribution in [0.4, 0.5) is 0 Å². The Bertz CT molecular complexity index is 677. The van der Waals surface area contributed by atoms with E-state index in [1.165, 1.54) is 11.2 Å². The quantitative estimate of drug-likeness (QED) is 0.836. The molecule has 1 aliphatic heterocycles. The number of sulfonamides is 1. The highest BCUT2D eigenvalue weighted by Gasteiger charge is 2.30. The van der Waals surface area contributed by atoms with Gasteiger partial charge in [0.15, 0.2) is 0 Å². The van der Waals surface area contributed by atoms with Gasteiger partial charge in [-0.3, -0.25) is 4.79 Å². The van der Waals surface area contributed by atoms with Gasteiger partial charge < -0.3 is 9.64 Å². The Labute approximate surface area is 131 Å². The molecule has 0 N–H and O–H groups in total. The van der Waals surface area contributed by atoms with Gasteiger partial charge in [-0.1, -0.05) is 0 Å². The lowest BCUT2D eigenvalue weighted by Crippen LogP contribution is -2.50. The smallest absolute Gasteiger partial charge is 0.243 e. The van der Waals surface area contributed by atoms with Crippen molar-refractivity contribution >= 4 is 15.9 Å². The Morgan fingerprint density at radius 3 is 2.18 bits per heavy atom. The van der Waals surface area contributed by atoms with Crippen LogP contribution in [0.25, 0.3) is 0 Å². The molecule has 6 nitrogen and oxygen atoms in total.